The van der Waals surface area contributed by atoms with E-state index in [4.69, 9.17) is 5.73 Å². The summed E-state index contributed by atoms with van der Waals surface area (Å²) in [5.41, 5.74) is 8.64. The number of hydrogen-bond acceptors (Lipinski definition) is 3. The smallest absolute Gasteiger partial charge is 0.257 e. The molecule has 4 nitrogen and oxygen atoms in total. The molecule has 0 saturated carbocycles. The Bertz CT molecular complexity index is 921. The quantitative estimate of drug-likeness (QED) is 0.670. The number of nitrogens with two attached hydrogens (primary N) is 1. The maximum Gasteiger partial charge on any atom is 0.257 e. The van der Waals surface area contributed by atoms with Crippen LogP contribution < -0.4 is 5.73 Å². The minimum atomic E-state index is -1.01. The van der Waals surface area contributed by atoms with Gasteiger partial charge in [0.2, 0.25) is 0 Å². The van der Waals surface area contributed by atoms with Crippen LogP contribution in [0.2, 0.25) is 0 Å². The average molecular weight is 398 g/mol. The summed E-state index contributed by atoms with van der Waals surface area (Å²) >= 11 is 0. The van der Waals surface area contributed by atoms with E-state index in [1.165, 1.54) is 0 Å². The lowest BCUT2D eigenvalue weighted by molar-refractivity contribution is -0.165. The van der Waals surface area contributed by atoms with Crippen LogP contribution in [-0.4, -0.2) is 41.0 Å². The summed E-state index contributed by atoms with van der Waals surface area (Å²) < 4.78 is 0. The van der Waals surface area contributed by atoms with Gasteiger partial charge in [-0.1, -0.05) is 91.0 Å². The van der Waals surface area contributed by atoms with Gasteiger partial charge in [-0.05, 0) is 23.1 Å². The summed E-state index contributed by atoms with van der Waals surface area (Å²) in [6.45, 7) is 2.37. The Morgan fingerprint density at radius 1 is 0.733 bits per heavy atom. The number of rotatable bonds is 5. The zero-order valence-corrected chi connectivity index (χ0v) is 17.1. The van der Waals surface area contributed by atoms with E-state index in [2.05, 4.69) is 77.7 Å². The molecule has 3 aromatic rings. The third-order valence-electron chi connectivity index (χ3n) is 6.69. The number of hydrogen-bond donors (Lipinski definition) is 1. The van der Waals surface area contributed by atoms with Crippen LogP contribution in [0.1, 0.15) is 29.5 Å². The van der Waals surface area contributed by atoms with Crippen molar-refractivity contribution >= 4 is 5.91 Å². The number of likely N-dealkylation sites (tertiary alicyclic amines) is 2. The first-order valence-electron chi connectivity index (χ1n) is 10.7. The van der Waals surface area contributed by atoms with Crippen molar-refractivity contribution in [2.75, 3.05) is 19.6 Å². The van der Waals surface area contributed by atoms with Crippen LogP contribution in [0.15, 0.2) is 91.0 Å². The van der Waals surface area contributed by atoms with Crippen molar-refractivity contribution in [1.82, 2.24) is 9.80 Å². The predicted octanol–water partition coefficient (Wildman–Crippen LogP) is 3.57. The van der Waals surface area contributed by atoms with Gasteiger partial charge in [0.25, 0.3) is 5.91 Å². The average Bonchev–Trinajstić information content (AvgIpc) is 2.76. The fraction of sp³-hybridized carbons (Fsp3) is 0.269. The highest BCUT2D eigenvalue weighted by atomic mass is 16.2. The SMILES string of the molecule is NC1(C(=O)N2CCC2)CCN1C(c1ccccc1)(c1ccccc1)c1ccccc1. The molecule has 2 N–H and O–H groups in total. The van der Waals surface area contributed by atoms with E-state index in [0.29, 0.717) is 6.42 Å². The van der Waals surface area contributed by atoms with Gasteiger partial charge in [0, 0.05) is 26.1 Å². The Balaban J connectivity index is 1.75. The van der Waals surface area contributed by atoms with E-state index >= 15 is 0 Å². The van der Waals surface area contributed by atoms with Gasteiger partial charge < -0.3 is 10.6 Å². The number of amides is 1. The topological polar surface area (TPSA) is 49.6 Å². The van der Waals surface area contributed by atoms with Gasteiger partial charge in [0.1, 0.15) is 0 Å². The lowest BCUT2D eigenvalue weighted by Crippen LogP contribution is -2.78. The first-order chi connectivity index (χ1) is 14.7. The first-order valence-corrected chi connectivity index (χ1v) is 10.7. The lowest BCUT2D eigenvalue weighted by atomic mass is 9.71. The normalized spacial score (nSPS) is 21.6. The molecule has 1 atom stereocenters. The Morgan fingerprint density at radius 2 is 1.17 bits per heavy atom. The summed E-state index contributed by atoms with van der Waals surface area (Å²) in [6, 6.07) is 31.3. The van der Waals surface area contributed by atoms with Crippen molar-refractivity contribution in [2.45, 2.75) is 24.0 Å². The van der Waals surface area contributed by atoms with Crippen LogP contribution in [0.4, 0.5) is 0 Å². The molecular formula is C26H27N3O. The summed E-state index contributed by atoms with van der Waals surface area (Å²) in [6.07, 6.45) is 1.72. The molecule has 2 fully saturated rings. The van der Waals surface area contributed by atoms with Crippen LogP contribution >= 0.6 is 0 Å². The summed E-state index contributed by atoms with van der Waals surface area (Å²) in [4.78, 5) is 17.6. The fourth-order valence-corrected chi connectivity index (χ4v) is 4.95. The van der Waals surface area contributed by atoms with Gasteiger partial charge in [-0.3, -0.25) is 9.69 Å². The second-order valence-corrected chi connectivity index (χ2v) is 8.28. The molecule has 152 valence electrons. The maximum atomic E-state index is 13.4. The van der Waals surface area contributed by atoms with E-state index in [0.717, 1.165) is 42.7 Å². The van der Waals surface area contributed by atoms with E-state index in [1.807, 2.05) is 23.1 Å². The maximum absolute atomic E-state index is 13.4. The third kappa shape index (κ3) is 2.72. The second-order valence-electron chi connectivity index (χ2n) is 8.28. The molecule has 0 aromatic heterocycles. The molecule has 2 aliphatic rings. The molecule has 5 rings (SSSR count). The number of benzene rings is 3. The zero-order chi connectivity index (χ0) is 20.6. The monoisotopic (exact) mass is 397 g/mol. The third-order valence-corrected chi connectivity index (χ3v) is 6.69. The Hall–Kier alpha value is -2.95. The van der Waals surface area contributed by atoms with E-state index < -0.39 is 11.2 Å². The standard InChI is InChI=1S/C26H27N3O/c27-25(24(30)28-18-10-19-28)17-20-29(25)26(21-11-4-1-5-12-21,22-13-6-2-7-14-22)23-15-8-3-9-16-23/h1-9,11-16H,10,17-20,27H2. The van der Waals surface area contributed by atoms with Gasteiger partial charge in [0.05, 0.1) is 5.54 Å². The minimum Gasteiger partial charge on any atom is -0.340 e. The molecule has 2 aliphatic heterocycles. The molecule has 4 heteroatoms. The summed E-state index contributed by atoms with van der Waals surface area (Å²) in [7, 11) is 0. The van der Waals surface area contributed by atoms with E-state index in [-0.39, 0.29) is 5.91 Å². The van der Waals surface area contributed by atoms with Gasteiger partial charge in [0.15, 0.2) is 5.66 Å². The van der Waals surface area contributed by atoms with Crippen LogP contribution in [0.25, 0.3) is 0 Å². The summed E-state index contributed by atoms with van der Waals surface area (Å²) in [5.74, 6) is 0.0483. The first kappa shape index (κ1) is 19.0. The second kappa shape index (κ2) is 7.38. The highest BCUT2D eigenvalue weighted by Gasteiger charge is 2.59. The molecule has 0 bridgehead atoms. The Morgan fingerprint density at radius 3 is 1.47 bits per heavy atom. The van der Waals surface area contributed by atoms with Crippen molar-refractivity contribution < 1.29 is 4.79 Å². The molecule has 0 aliphatic carbocycles. The molecule has 1 amide bonds. The van der Waals surface area contributed by atoms with Crippen molar-refractivity contribution in [1.29, 1.82) is 0 Å². The van der Waals surface area contributed by atoms with Gasteiger partial charge >= 0.3 is 0 Å². The fourth-order valence-electron chi connectivity index (χ4n) is 4.95. The number of carbonyl (C=O) groups excluding carboxylic acids is 1. The van der Waals surface area contributed by atoms with Crippen molar-refractivity contribution in [3.05, 3.63) is 108 Å². The molecule has 30 heavy (non-hydrogen) atoms. The summed E-state index contributed by atoms with van der Waals surface area (Å²) in [5, 5.41) is 0. The van der Waals surface area contributed by atoms with Crippen LogP contribution in [0.3, 0.4) is 0 Å². The molecule has 2 heterocycles. The number of carbonyl (C=O) groups is 1. The highest BCUT2D eigenvalue weighted by molar-refractivity contribution is 5.87. The molecule has 0 radical (unpaired) electrons. The Kier molecular flexibility index (Phi) is 4.69. The predicted molar refractivity (Wildman–Crippen MR) is 119 cm³/mol. The van der Waals surface area contributed by atoms with Crippen molar-refractivity contribution in [3.8, 4) is 0 Å². The largest absolute Gasteiger partial charge is 0.340 e. The molecule has 3 aromatic carbocycles. The van der Waals surface area contributed by atoms with Crippen molar-refractivity contribution in [3.63, 3.8) is 0 Å². The highest BCUT2D eigenvalue weighted by Crippen LogP contribution is 2.49. The van der Waals surface area contributed by atoms with Crippen LogP contribution in [0.5, 0.6) is 0 Å². The van der Waals surface area contributed by atoms with Gasteiger partial charge in [-0.2, -0.15) is 0 Å². The zero-order valence-electron chi connectivity index (χ0n) is 17.1. The van der Waals surface area contributed by atoms with Crippen LogP contribution in [-0.2, 0) is 10.3 Å². The molecule has 0 spiro atoms. The van der Waals surface area contributed by atoms with Gasteiger partial charge in [-0.15, -0.1) is 0 Å². The lowest BCUT2D eigenvalue weighted by Gasteiger charge is -2.60. The molecular weight excluding hydrogens is 370 g/mol. The Labute approximate surface area is 177 Å². The molecule has 1 unspecified atom stereocenters. The van der Waals surface area contributed by atoms with E-state index in [9.17, 15) is 4.79 Å². The van der Waals surface area contributed by atoms with E-state index in [1.54, 1.807) is 0 Å². The number of nitrogens with zero attached hydrogens (tertiary/aromatic N) is 2. The molecule has 2 saturated heterocycles. The van der Waals surface area contributed by atoms with Crippen LogP contribution in [0, 0.1) is 0 Å². The minimum absolute atomic E-state index is 0.0483. The van der Waals surface area contributed by atoms with Crippen molar-refractivity contribution in [2.24, 2.45) is 5.73 Å². The van der Waals surface area contributed by atoms with Gasteiger partial charge in [-0.25, -0.2) is 0 Å².